The monoisotopic (exact) mass is 244 g/mol. The summed E-state index contributed by atoms with van der Waals surface area (Å²) in [6.07, 6.45) is -5.59. The van der Waals surface area contributed by atoms with Crippen LogP contribution in [0.4, 0.5) is 13.2 Å². The van der Waals surface area contributed by atoms with Gasteiger partial charge in [-0.1, -0.05) is 6.58 Å². The van der Waals surface area contributed by atoms with Gasteiger partial charge < -0.3 is 15.3 Å². The van der Waals surface area contributed by atoms with E-state index in [2.05, 4.69) is 6.58 Å². The molecule has 3 N–H and O–H groups in total. The van der Waals surface area contributed by atoms with Crippen LogP contribution in [-0.2, 0) is 14.4 Å². The number of halogens is 3. The highest BCUT2D eigenvalue weighted by atomic mass is 19.4. The molecule has 92 valence electrons. The Hall–Kier alpha value is -2.06. The van der Waals surface area contributed by atoms with Gasteiger partial charge in [-0.05, 0) is 0 Å². The van der Waals surface area contributed by atoms with E-state index >= 15 is 0 Å². The minimum absolute atomic E-state index is 0.303. The molecule has 0 radical (unpaired) electrons. The lowest BCUT2D eigenvalue weighted by molar-refractivity contribution is -0.192. The summed E-state index contributed by atoms with van der Waals surface area (Å²) in [6.45, 7) is 3.01. The number of carboxylic acids is 3. The quantitative estimate of drug-likeness (QED) is 0.631. The molecular formula is C7H7F3O6. The second-order valence-electron chi connectivity index (χ2n) is 2.28. The van der Waals surface area contributed by atoms with Crippen molar-refractivity contribution >= 4 is 17.9 Å². The Labute approximate surface area is 86.6 Å². The molecule has 0 unspecified atom stereocenters. The molecule has 0 fully saturated rings. The van der Waals surface area contributed by atoms with Gasteiger partial charge >= 0.3 is 24.1 Å². The number of carboxylic acid groups (broad SMARTS) is 3. The van der Waals surface area contributed by atoms with Crippen LogP contribution in [-0.4, -0.2) is 39.4 Å². The first-order valence-corrected chi connectivity index (χ1v) is 3.41. The summed E-state index contributed by atoms with van der Waals surface area (Å²) in [5.41, 5.74) is -0.303. The van der Waals surface area contributed by atoms with Crippen molar-refractivity contribution in [3.8, 4) is 0 Å². The van der Waals surface area contributed by atoms with Crippen LogP contribution in [0.25, 0.3) is 0 Å². The Morgan fingerprint density at radius 3 is 1.44 bits per heavy atom. The molecule has 0 saturated carbocycles. The maximum absolute atomic E-state index is 10.6. The number of carbonyl (C=O) groups is 3. The minimum atomic E-state index is -5.08. The van der Waals surface area contributed by atoms with E-state index in [9.17, 15) is 22.8 Å². The van der Waals surface area contributed by atoms with Gasteiger partial charge in [-0.25, -0.2) is 9.59 Å². The molecule has 0 atom stereocenters. The molecule has 0 bridgehead atoms. The second kappa shape index (κ2) is 6.43. The molecule has 0 amide bonds. The maximum atomic E-state index is 10.6. The molecule has 0 rings (SSSR count). The van der Waals surface area contributed by atoms with Crippen LogP contribution in [0.5, 0.6) is 0 Å². The van der Waals surface area contributed by atoms with Crippen LogP contribution in [0.3, 0.4) is 0 Å². The van der Waals surface area contributed by atoms with Crippen LogP contribution in [0, 0.1) is 0 Å². The third kappa shape index (κ3) is 10.0. The molecule has 9 heteroatoms. The number of alkyl halides is 3. The molecule has 0 aromatic carbocycles. The van der Waals surface area contributed by atoms with Gasteiger partial charge in [-0.15, -0.1) is 0 Å². The molecule has 0 aliphatic heterocycles. The zero-order valence-corrected chi connectivity index (χ0v) is 7.61. The third-order valence-electron chi connectivity index (χ3n) is 0.910. The Kier molecular flexibility index (Phi) is 6.58. The first kappa shape index (κ1) is 16.4. The van der Waals surface area contributed by atoms with E-state index < -0.39 is 30.5 Å². The van der Waals surface area contributed by atoms with E-state index in [1.807, 2.05) is 0 Å². The zero-order valence-electron chi connectivity index (χ0n) is 7.61. The van der Waals surface area contributed by atoms with Crippen LogP contribution < -0.4 is 0 Å². The number of rotatable bonds is 3. The van der Waals surface area contributed by atoms with Crippen LogP contribution in [0.1, 0.15) is 6.42 Å². The minimum Gasteiger partial charge on any atom is -0.481 e. The highest BCUT2D eigenvalue weighted by molar-refractivity contribution is 5.91. The standard InChI is InChI=1S/C5H6O4.C2HF3O2/c1-3(5(8)9)2-4(6)7;3-2(4,5)1(6)7/h1-2H2,(H,6,7)(H,8,9);(H,6,7). The van der Waals surface area contributed by atoms with E-state index in [-0.39, 0.29) is 5.57 Å². The van der Waals surface area contributed by atoms with Crippen molar-refractivity contribution in [2.45, 2.75) is 12.6 Å². The van der Waals surface area contributed by atoms with Crippen molar-refractivity contribution in [2.24, 2.45) is 0 Å². The van der Waals surface area contributed by atoms with Gasteiger partial charge in [0.05, 0.1) is 6.42 Å². The van der Waals surface area contributed by atoms with Crippen LogP contribution in [0.2, 0.25) is 0 Å². The third-order valence-corrected chi connectivity index (χ3v) is 0.910. The van der Waals surface area contributed by atoms with Crippen LogP contribution >= 0.6 is 0 Å². The lowest BCUT2D eigenvalue weighted by Crippen LogP contribution is -2.21. The molecule has 0 spiro atoms. The summed E-state index contributed by atoms with van der Waals surface area (Å²) in [6, 6.07) is 0. The van der Waals surface area contributed by atoms with Gasteiger partial charge in [0, 0.05) is 5.57 Å². The molecule has 0 heterocycles. The molecule has 0 saturated heterocycles. The van der Waals surface area contributed by atoms with Crippen molar-refractivity contribution in [3.05, 3.63) is 12.2 Å². The topological polar surface area (TPSA) is 112 Å². The van der Waals surface area contributed by atoms with Crippen LogP contribution in [0.15, 0.2) is 12.2 Å². The summed E-state index contributed by atoms with van der Waals surface area (Å²) in [5, 5.41) is 23.2. The SMILES string of the molecule is C=C(CC(=O)O)C(=O)O.O=C(O)C(F)(F)F. The van der Waals surface area contributed by atoms with Gasteiger partial charge in [0.2, 0.25) is 0 Å². The predicted molar refractivity (Wildman–Crippen MR) is 42.7 cm³/mol. The Bertz CT molecular complexity index is 306. The lowest BCUT2D eigenvalue weighted by atomic mass is 10.2. The van der Waals surface area contributed by atoms with E-state index in [1.165, 1.54) is 0 Å². The molecule has 0 aromatic heterocycles. The summed E-state index contributed by atoms with van der Waals surface area (Å²) < 4.78 is 31.7. The summed E-state index contributed by atoms with van der Waals surface area (Å²) in [5.74, 6) is -5.20. The predicted octanol–water partition coefficient (Wildman–Crippen LogP) is 0.735. The second-order valence-corrected chi connectivity index (χ2v) is 2.28. The van der Waals surface area contributed by atoms with Crippen molar-refractivity contribution in [1.29, 1.82) is 0 Å². The van der Waals surface area contributed by atoms with Crippen molar-refractivity contribution in [2.75, 3.05) is 0 Å². The summed E-state index contributed by atoms with van der Waals surface area (Å²) in [4.78, 5) is 28.6. The highest BCUT2D eigenvalue weighted by Gasteiger charge is 2.38. The van der Waals surface area contributed by atoms with Gasteiger partial charge in [-0.2, -0.15) is 13.2 Å². The van der Waals surface area contributed by atoms with Crippen molar-refractivity contribution in [3.63, 3.8) is 0 Å². The van der Waals surface area contributed by atoms with E-state index in [4.69, 9.17) is 20.1 Å². The number of aliphatic carboxylic acids is 3. The Morgan fingerprint density at radius 1 is 1.06 bits per heavy atom. The first-order chi connectivity index (χ1) is 6.98. The van der Waals surface area contributed by atoms with Gasteiger partial charge in [0.1, 0.15) is 0 Å². The number of hydrogen-bond acceptors (Lipinski definition) is 3. The lowest BCUT2D eigenvalue weighted by Gasteiger charge is -1.93. The highest BCUT2D eigenvalue weighted by Crippen LogP contribution is 2.13. The first-order valence-electron chi connectivity index (χ1n) is 3.41. The zero-order chi connectivity index (χ0) is 13.5. The van der Waals surface area contributed by atoms with Gasteiger partial charge in [0.15, 0.2) is 0 Å². The summed E-state index contributed by atoms with van der Waals surface area (Å²) >= 11 is 0. The Morgan fingerprint density at radius 2 is 1.38 bits per heavy atom. The fourth-order valence-corrected chi connectivity index (χ4v) is 0.258. The van der Waals surface area contributed by atoms with Crippen molar-refractivity contribution < 1.29 is 42.9 Å². The smallest absolute Gasteiger partial charge is 0.481 e. The molecule has 0 aliphatic rings. The van der Waals surface area contributed by atoms with E-state index in [0.717, 1.165) is 0 Å². The number of hydrogen-bond donors (Lipinski definition) is 3. The molecule has 0 aromatic rings. The fourth-order valence-electron chi connectivity index (χ4n) is 0.258. The molecular weight excluding hydrogens is 237 g/mol. The van der Waals surface area contributed by atoms with Crippen molar-refractivity contribution in [1.82, 2.24) is 0 Å². The van der Waals surface area contributed by atoms with Gasteiger partial charge in [-0.3, -0.25) is 4.79 Å². The normalized spacial score (nSPS) is 9.69. The molecule has 0 aliphatic carbocycles. The average Bonchev–Trinajstić information content (AvgIpc) is 2.01. The fraction of sp³-hybridized carbons (Fsp3) is 0.286. The molecule has 6 nitrogen and oxygen atoms in total. The Balaban J connectivity index is 0. The maximum Gasteiger partial charge on any atom is 0.490 e. The summed E-state index contributed by atoms with van der Waals surface area (Å²) in [7, 11) is 0. The molecule has 16 heavy (non-hydrogen) atoms. The van der Waals surface area contributed by atoms with E-state index in [0.29, 0.717) is 0 Å². The average molecular weight is 244 g/mol. The van der Waals surface area contributed by atoms with E-state index in [1.54, 1.807) is 0 Å². The largest absolute Gasteiger partial charge is 0.490 e. The van der Waals surface area contributed by atoms with Gasteiger partial charge in [0.25, 0.3) is 0 Å².